The minimum absolute atomic E-state index is 0.0667. The summed E-state index contributed by atoms with van der Waals surface area (Å²) in [5, 5.41) is 7.63. The fraction of sp³-hybridized carbons (Fsp3) is 0.355. The third-order valence-electron chi connectivity index (χ3n) is 7.46. The van der Waals surface area contributed by atoms with E-state index in [9.17, 15) is 4.79 Å². The number of aromatic nitrogens is 3. The molecule has 1 aliphatic heterocycles. The number of carbonyl (C=O) groups excluding carboxylic acids is 1. The number of amidine groups is 1. The monoisotopic (exact) mass is 554 g/mol. The van der Waals surface area contributed by atoms with Gasteiger partial charge < -0.3 is 20.8 Å². The Morgan fingerprint density at radius 2 is 1.78 bits per heavy atom. The number of nitrogens with one attached hydrogen (secondary N) is 1. The number of amides is 1. The highest BCUT2D eigenvalue weighted by atomic mass is 16.5. The molecule has 0 spiro atoms. The van der Waals surface area contributed by atoms with Gasteiger partial charge in [-0.2, -0.15) is 0 Å². The zero-order valence-electron chi connectivity index (χ0n) is 23.3. The van der Waals surface area contributed by atoms with Gasteiger partial charge in [-0.3, -0.25) is 20.0 Å². The van der Waals surface area contributed by atoms with Crippen LogP contribution < -0.4 is 16.4 Å². The van der Waals surface area contributed by atoms with Crippen molar-refractivity contribution in [3.63, 3.8) is 0 Å². The number of anilines is 1. The molecule has 3 heterocycles. The lowest BCUT2D eigenvalue weighted by Crippen LogP contribution is -2.37. The van der Waals surface area contributed by atoms with Crippen molar-refractivity contribution in [1.29, 1.82) is 5.41 Å². The van der Waals surface area contributed by atoms with E-state index in [0.717, 1.165) is 86.6 Å². The molecule has 2 aromatic carbocycles. The SMILES string of the molecule is N=C(N)c1ccc(CCc2nc3cc(C(=O)N(CCN)c4ccccn4)ccc3n2CCCN2CCOCC2)cc1. The predicted octanol–water partition coefficient (Wildman–Crippen LogP) is 2.83. The van der Waals surface area contributed by atoms with Crippen LogP contribution in [0.2, 0.25) is 0 Å². The van der Waals surface area contributed by atoms with Crippen molar-refractivity contribution in [1.82, 2.24) is 19.4 Å². The van der Waals surface area contributed by atoms with Crippen LogP contribution in [0.1, 0.15) is 33.7 Å². The number of morpholine rings is 1. The lowest BCUT2D eigenvalue weighted by Gasteiger charge is -2.26. The molecule has 5 N–H and O–H groups in total. The van der Waals surface area contributed by atoms with Crippen LogP contribution in [0.5, 0.6) is 0 Å². The molecule has 1 aliphatic rings. The second-order valence-corrected chi connectivity index (χ2v) is 10.2. The molecule has 2 aromatic heterocycles. The molecule has 4 aromatic rings. The van der Waals surface area contributed by atoms with Gasteiger partial charge in [-0.1, -0.05) is 30.3 Å². The van der Waals surface area contributed by atoms with Crippen LogP contribution in [-0.2, 0) is 24.1 Å². The van der Waals surface area contributed by atoms with Gasteiger partial charge in [0.1, 0.15) is 17.5 Å². The molecule has 1 amide bonds. The zero-order valence-corrected chi connectivity index (χ0v) is 23.3. The summed E-state index contributed by atoms with van der Waals surface area (Å²) < 4.78 is 7.79. The van der Waals surface area contributed by atoms with Crippen molar-refractivity contribution in [2.75, 3.05) is 50.8 Å². The Balaban J connectivity index is 1.39. The molecule has 0 atom stereocenters. The summed E-state index contributed by atoms with van der Waals surface area (Å²) in [5.74, 6) is 1.49. The quantitative estimate of drug-likeness (QED) is 0.181. The average molecular weight is 555 g/mol. The maximum absolute atomic E-state index is 13.6. The van der Waals surface area contributed by atoms with Gasteiger partial charge in [0.05, 0.1) is 24.2 Å². The molecule has 0 bridgehead atoms. The molecule has 214 valence electrons. The Hall–Kier alpha value is -4.12. The normalized spacial score (nSPS) is 13.9. The van der Waals surface area contributed by atoms with Crippen molar-refractivity contribution in [2.45, 2.75) is 25.8 Å². The number of imidazole rings is 1. The molecule has 0 unspecified atom stereocenters. The van der Waals surface area contributed by atoms with E-state index in [1.54, 1.807) is 11.1 Å². The number of benzene rings is 2. The van der Waals surface area contributed by atoms with Gasteiger partial charge in [-0.25, -0.2) is 9.97 Å². The van der Waals surface area contributed by atoms with Gasteiger partial charge in [0.15, 0.2) is 0 Å². The van der Waals surface area contributed by atoms with Crippen LogP contribution in [0.15, 0.2) is 66.9 Å². The fourth-order valence-electron chi connectivity index (χ4n) is 5.26. The van der Waals surface area contributed by atoms with E-state index >= 15 is 0 Å². The number of nitrogen functional groups attached to an aromatic ring is 1. The summed E-state index contributed by atoms with van der Waals surface area (Å²) in [6.45, 7) is 6.06. The second kappa shape index (κ2) is 13.5. The molecule has 5 rings (SSSR count). The number of nitrogens with zero attached hydrogens (tertiary/aromatic N) is 5. The van der Waals surface area contributed by atoms with E-state index in [0.29, 0.717) is 24.5 Å². The van der Waals surface area contributed by atoms with Crippen LogP contribution >= 0.6 is 0 Å². The molecule has 10 nitrogen and oxygen atoms in total. The number of hydrogen-bond acceptors (Lipinski definition) is 7. The summed E-state index contributed by atoms with van der Waals surface area (Å²) in [5.41, 5.74) is 15.7. The van der Waals surface area contributed by atoms with Crippen molar-refractivity contribution in [3.05, 3.63) is 89.4 Å². The smallest absolute Gasteiger partial charge is 0.259 e. The highest BCUT2D eigenvalue weighted by Crippen LogP contribution is 2.22. The number of nitrogens with two attached hydrogens (primary N) is 2. The Morgan fingerprint density at radius 3 is 2.49 bits per heavy atom. The number of rotatable bonds is 12. The average Bonchev–Trinajstić information content (AvgIpc) is 3.36. The van der Waals surface area contributed by atoms with Gasteiger partial charge in [0, 0.05) is 63.0 Å². The third-order valence-corrected chi connectivity index (χ3v) is 7.46. The Kier molecular flexibility index (Phi) is 9.35. The molecular weight excluding hydrogens is 516 g/mol. The summed E-state index contributed by atoms with van der Waals surface area (Å²) in [6, 6.07) is 19.1. The Bertz CT molecular complexity index is 1460. The number of hydrogen-bond donors (Lipinski definition) is 3. The van der Waals surface area contributed by atoms with Gasteiger partial charge >= 0.3 is 0 Å². The van der Waals surface area contributed by atoms with Crippen molar-refractivity contribution in [3.8, 4) is 0 Å². The van der Waals surface area contributed by atoms with Crippen LogP contribution in [0, 0.1) is 5.41 Å². The number of pyridine rings is 1. The van der Waals surface area contributed by atoms with Gasteiger partial charge in [-0.05, 0) is 48.7 Å². The van der Waals surface area contributed by atoms with Gasteiger partial charge in [0.2, 0.25) is 0 Å². The predicted molar refractivity (Wildman–Crippen MR) is 161 cm³/mol. The van der Waals surface area contributed by atoms with Crippen LogP contribution in [-0.4, -0.2) is 77.1 Å². The van der Waals surface area contributed by atoms with Crippen LogP contribution in [0.4, 0.5) is 5.82 Å². The molecular formula is C31H38N8O2. The first-order valence-electron chi connectivity index (χ1n) is 14.2. The summed E-state index contributed by atoms with van der Waals surface area (Å²) in [7, 11) is 0. The second-order valence-electron chi connectivity index (χ2n) is 10.2. The molecule has 41 heavy (non-hydrogen) atoms. The first kappa shape index (κ1) is 28.4. The van der Waals surface area contributed by atoms with Crippen molar-refractivity contribution < 1.29 is 9.53 Å². The topological polar surface area (TPSA) is 139 Å². The number of fused-ring (bicyclic) bond motifs is 1. The number of carbonyl (C=O) groups is 1. The lowest BCUT2D eigenvalue weighted by atomic mass is 10.1. The summed E-state index contributed by atoms with van der Waals surface area (Å²) in [4.78, 5) is 27.0. The van der Waals surface area contributed by atoms with Crippen LogP contribution in [0.25, 0.3) is 11.0 Å². The highest BCUT2D eigenvalue weighted by molar-refractivity contribution is 6.07. The Morgan fingerprint density at radius 1 is 1.00 bits per heavy atom. The molecule has 0 radical (unpaired) electrons. The first-order chi connectivity index (χ1) is 20.0. The molecule has 10 heteroatoms. The summed E-state index contributed by atoms with van der Waals surface area (Å²) >= 11 is 0. The number of ether oxygens (including phenoxy) is 1. The zero-order chi connectivity index (χ0) is 28.6. The Labute approximate surface area is 240 Å². The van der Waals surface area contributed by atoms with Gasteiger partial charge in [-0.15, -0.1) is 0 Å². The van der Waals surface area contributed by atoms with Crippen molar-refractivity contribution in [2.24, 2.45) is 11.5 Å². The standard InChI is InChI=1S/C31H38N8O2/c32-13-17-39(28-4-1-2-14-35-28)31(40)25-10-11-27-26(22-25)36-29(12-7-23-5-8-24(9-6-23)30(33)34)38(27)16-3-15-37-18-20-41-21-19-37/h1-2,4-6,8-11,14,22H,3,7,12-13,15-21,32H2,(H3,33,34). The minimum atomic E-state index is -0.148. The van der Waals surface area contributed by atoms with E-state index < -0.39 is 0 Å². The third kappa shape index (κ3) is 6.97. The lowest BCUT2D eigenvalue weighted by molar-refractivity contribution is 0.0369. The van der Waals surface area contributed by atoms with E-state index in [-0.39, 0.29) is 11.7 Å². The molecule has 0 saturated carbocycles. The maximum Gasteiger partial charge on any atom is 0.259 e. The van der Waals surface area contributed by atoms with Crippen molar-refractivity contribution >= 4 is 28.6 Å². The summed E-state index contributed by atoms with van der Waals surface area (Å²) in [6.07, 6.45) is 4.23. The van der Waals surface area contributed by atoms with E-state index in [1.807, 2.05) is 60.7 Å². The van der Waals surface area contributed by atoms with Gasteiger partial charge in [0.25, 0.3) is 5.91 Å². The highest BCUT2D eigenvalue weighted by Gasteiger charge is 2.20. The number of aryl methyl sites for hydroxylation is 3. The minimum Gasteiger partial charge on any atom is -0.384 e. The molecule has 1 fully saturated rings. The molecule has 0 aliphatic carbocycles. The van der Waals surface area contributed by atoms with E-state index in [2.05, 4.69) is 14.5 Å². The molecule has 1 saturated heterocycles. The van der Waals surface area contributed by atoms with E-state index in [1.165, 1.54) is 0 Å². The largest absolute Gasteiger partial charge is 0.384 e. The first-order valence-corrected chi connectivity index (χ1v) is 14.2. The van der Waals surface area contributed by atoms with Crippen LogP contribution in [0.3, 0.4) is 0 Å². The van der Waals surface area contributed by atoms with E-state index in [4.69, 9.17) is 26.6 Å². The maximum atomic E-state index is 13.6. The fourth-order valence-corrected chi connectivity index (χ4v) is 5.26.